The smallest absolute Gasteiger partial charge is 0.255 e. The Morgan fingerprint density at radius 2 is 1.95 bits per heavy atom. The lowest BCUT2D eigenvalue weighted by Crippen LogP contribution is -2.28. The van der Waals surface area contributed by atoms with Crippen molar-refractivity contribution in [3.8, 4) is 5.75 Å². The van der Waals surface area contributed by atoms with Crippen molar-refractivity contribution in [3.05, 3.63) is 29.8 Å². The molecular weight excluding hydrogens is 240 g/mol. The summed E-state index contributed by atoms with van der Waals surface area (Å²) >= 11 is 0. The van der Waals surface area contributed by atoms with E-state index >= 15 is 0 Å². The molecule has 0 heterocycles. The first kappa shape index (κ1) is 15.5. The largest absolute Gasteiger partial charge is 0.484 e. The molecule has 106 valence electrons. The zero-order chi connectivity index (χ0) is 14.3. The highest BCUT2D eigenvalue weighted by Crippen LogP contribution is 2.18. The van der Waals surface area contributed by atoms with Crippen LogP contribution >= 0.6 is 0 Å². The fraction of sp³-hybridized carbons (Fsp3) is 0.533. The molecule has 0 aliphatic heterocycles. The SMILES string of the molecule is CCC(C)(C)CNCc1ccc(OCC(N)=O)cc1. The van der Waals surface area contributed by atoms with Gasteiger partial charge in [-0.3, -0.25) is 4.79 Å². The van der Waals surface area contributed by atoms with Gasteiger partial charge in [0.15, 0.2) is 6.61 Å². The first-order valence-electron chi connectivity index (χ1n) is 6.64. The second-order valence-electron chi connectivity index (χ2n) is 5.52. The fourth-order valence-electron chi connectivity index (χ4n) is 1.53. The van der Waals surface area contributed by atoms with Gasteiger partial charge in [0.05, 0.1) is 0 Å². The fourth-order valence-corrected chi connectivity index (χ4v) is 1.53. The summed E-state index contributed by atoms with van der Waals surface area (Å²) in [5.74, 6) is 0.198. The van der Waals surface area contributed by atoms with E-state index < -0.39 is 5.91 Å². The maximum Gasteiger partial charge on any atom is 0.255 e. The predicted octanol–water partition coefficient (Wildman–Crippen LogP) is 2.08. The number of hydrogen-bond acceptors (Lipinski definition) is 3. The Balaban J connectivity index is 2.38. The molecule has 0 aliphatic carbocycles. The summed E-state index contributed by atoms with van der Waals surface area (Å²) < 4.78 is 5.20. The van der Waals surface area contributed by atoms with Crippen LogP contribution in [0.1, 0.15) is 32.8 Å². The Labute approximate surface area is 115 Å². The standard InChI is InChI=1S/C15H24N2O2/c1-4-15(2,3)11-17-9-12-5-7-13(8-6-12)19-10-14(16)18/h5-8,17H,4,9-11H2,1-3H3,(H2,16,18). The van der Waals surface area contributed by atoms with Crippen molar-refractivity contribution in [2.45, 2.75) is 33.7 Å². The Bertz CT molecular complexity index is 399. The van der Waals surface area contributed by atoms with Gasteiger partial charge in [-0.1, -0.05) is 32.9 Å². The number of rotatable bonds is 8. The zero-order valence-electron chi connectivity index (χ0n) is 12.0. The monoisotopic (exact) mass is 264 g/mol. The second-order valence-corrected chi connectivity index (χ2v) is 5.52. The molecule has 0 fully saturated rings. The molecule has 0 bridgehead atoms. The van der Waals surface area contributed by atoms with E-state index in [0.29, 0.717) is 11.2 Å². The highest BCUT2D eigenvalue weighted by molar-refractivity contribution is 5.75. The van der Waals surface area contributed by atoms with E-state index in [1.807, 2.05) is 24.3 Å². The summed E-state index contributed by atoms with van der Waals surface area (Å²) in [4.78, 5) is 10.6. The lowest BCUT2D eigenvalue weighted by Gasteiger charge is -2.23. The average Bonchev–Trinajstić information content (AvgIpc) is 2.37. The summed E-state index contributed by atoms with van der Waals surface area (Å²) in [6.07, 6.45) is 1.15. The summed E-state index contributed by atoms with van der Waals surface area (Å²) in [5.41, 5.74) is 6.53. The molecule has 0 aliphatic rings. The minimum atomic E-state index is -0.465. The van der Waals surface area contributed by atoms with Crippen molar-refractivity contribution < 1.29 is 9.53 Å². The van der Waals surface area contributed by atoms with Gasteiger partial charge in [0, 0.05) is 13.1 Å². The number of carbonyl (C=O) groups is 1. The summed E-state index contributed by atoms with van der Waals surface area (Å²) in [7, 11) is 0. The van der Waals surface area contributed by atoms with Crippen LogP contribution in [-0.2, 0) is 11.3 Å². The van der Waals surface area contributed by atoms with Crippen LogP contribution in [0.3, 0.4) is 0 Å². The number of ether oxygens (including phenoxy) is 1. The zero-order valence-corrected chi connectivity index (χ0v) is 12.0. The van der Waals surface area contributed by atoms with E-state index in [1.165, 1.54) is 5.56 Å². The second kappa shape index (κ2) is 7.14. The number of primary amides is 1. The van der Waals surface area contributed by atoms with E-state index in [1.54, 1.807) is 0 Å². The first-order chi connectivity index (χ1) is 8.93. The third-order valence-electron chi connectivity index (χ3n) is 3.19. The van der Waals surface area contributed by atoms with Crippen molar-refractivity contribution in [2.24, 2.45) is 11.1 Å². The molecule has 0 saturated carbocycles. The first-order valence-corrected chi connectivity index (χ1v) is 6.64. The van der Waals surface area contributed by atoms with Crippen LogP contribution in [-0.4, -0.2) is 19.1 Å². The normalized spacial score (nSPS) is 11.3. The van der Waals surface area contributed by atoms with Crippen molar-refractivity contribution >= 4 is 5.91 Å². The molecule has 1 aromatic rings. The molecule has 1 rings (SSSR count). The van der Waals surface area contributed by atoms with E-state index in [-0.39, 0.29) is 6.61 Å². The van der Waals surface area contributed by atoms with Gasteiger partial charge in [0.1, 0.15) is 5.75 Å². The van der Waals surface area contributed by atoms with Gasteiger partial charge in [-0.05, 0) is 29.5 Å². The van der Waals surface area contributed by atoms with Gasteiger partial charge in [-0.15, -0.1) is 0 Å². The van der Waals surface area contributed by atoms with Gasteiger partial charge in [0.2, 0.25) is 0 Å². The molecule has 0 radical (unpaired) electrons. The quantitative estimate of drug-likeness (QED) is 0.755. The van der Waals surface area contributed by atoms with E-state index in [9.17, 15) is 4.79 Å². The summed E-state index contributed by atoms with van der Waals surface area (Å²) in [6.45, 7) is 8.44. The van der Waals surface area contributed by atoms with Crippen molar-refractivity contribution in [2.75, 3.05) is 13.2 Å². The maximum absolute atomic E-state index is 10.6. The van der Waals surface area contributed by atoms with Crippen LogP contribution in [0.5, 0.6) is 5.75 Å². The lowest BCUT2D eigenvalue weighted by atomic mass is 9.90. The Hall–Kier alpha value is -1.55. The van der Waals surface area contributed by atoms with Gasteiger partial charge < -0.3 is 15.8 Å². The summed E-state index contributed by atoms with van der Waals surface area (Å²) in [5, 5.41) is 3.45. The molecule has 3 N–H and O–H groups in total. The van der Waals surface area contributed by atoms with Crippen molar-refractivity contribution in [3.63, 3.8) is 0 Å². The number of hydrogen-bond donors (Lipinski definition) is 2. The van der Waals surface area contributed by atoms with Crippen molar-refractivity contribution in [1.29, 1.82) is 0 Å². The van der Waals surface area contributed by atoms with Crippen LogP contribution in [0, 0.1) is 5.41 Å². The number of amides is 1. The van der Waals surface area contributed by atoms with E-state index in [0.717, 1.165) is 19.5 Å². The van der Waals surface area contributed by atoms with Crippen molar-refractivity contribution in [1.82, 2.24) is 5.32 Å². The Morgan fingerprint density at radius 3 is 2.47 bits per heavy atom. The molecule has 0 aromatic heterocycles. The van der Waals surface area contributed by atoms with Gasteiger partial charge in [-0.2, -0.15) is 0 Å². The molecule has 0 spiro atoms. The highest BCUT2D eigenvalue weighted by atomic mass is 16.5. The van der Waals surface area contributed by atoms with Crippen LogP contribution < -0.4 is 15.8 Å². The van der Waals surface area contributed by atoms with E-state index in [4.69, 9.17) is 10.5 Å². The number of nitrogens with one attached hydrogen (secondary N) is 1. The topological polar surface area (TPSA) is 64.3 Å². The molecule has 0 saturated heterocycles. The molecule has 4 nitrogen and oxygen atoms in total. The van der Waals surface area contributed by atoms with Crippen LogP contribution in [0.15, 0.2) is 24.3 Å². The molecular formula is C15H24N2O2. The number of nitrogens with two attached hydrogens (primary N) is 1. The van der Waals surface area contributed by atoms with Gasteiger partial charge >= 0.3 is 0 Å². The van der Waals surface area contributed by atoms with Gasteiger partial charge in [-0.25, -0.2) is 0 Å². The molecule has 1 amide bonds. The molecule has 1 aromatic carbocycles. The van der Waals surface area contributed by atoms with Crippen LogP contribution in [0.2, 0.25) is 0 Å². The molecule has 19 heavy (non-hydrogen) atoms. The minimum absolute atomic E-state index is 0.0811. The number of benzene rings is 1. The van der Waals surface area contributed by atoms with Crippen LogP contribution in [0.4, 0.5) is 0 Å². The summed E-state index contributed by atoms with van der Waals surface area (Å²) in [6, 6.07) is 7.68. The minimum Gasteiger partial charge on any atom is -0.484 e. The lowest BCUT2D eigenvalue weighted by molar-refractivity contribution is -0.119. The molecule has 4 heteroatoms. The third-order valence-corrected chi connectivity index (χ3v) is 3.19. The highest BCUT2D eigenvalue weighted by Gasteiger charge is 2.13. The predicted molar refractivity (Wildman–Crippen MR) is 76.9 cm³/mol. The Kier molecular flexibility index (Phi) is 5.83. The third kappa shape index (κ3) is 6.25. The molecule has 0 unspecified atom stereocenters. The Morgan fingerprint density at radius 1 is 1.32 bits per heavy atom. The maximum atomic E-state index is 10.6. The average molecular weight is 264 g/mol. The van der Waals surface area contributed by atoms with E-state index in [2.05, 4.69) is 26.1 Å². The number of carbonyl (C=O) groups excluding carboxylic acids is 1. The van der Waals surface area contributed by atoms with Crippen LogP contribution in [0.25, 0.3) is 0 Å². The molecule has 0 atom stereocenters. The van der Waals surface area contributed by atoms with Gasteiger partial charge in [0.25, 0.3) is 5.91 Å².